The quantitative estimate of drug-likeness (QED) is 0.270. The fourth-order valence-electron chi connectivity index (χ4n) is 2.83. The minimum absolute atomic E-state index is 0.0752. The molecule has 31 heavy (non-hydrogen) atoms. The summed E-state index contributed by atoms with van der Waals surface area (Å²) in [5.74, 6) is 0.447. The molecule has 0 saturated carbocycles. The Balaban J connectivity index is 1.85. The highest BCUT2D eigenvalue weighted by Gasteiger charge is 2.12. The van der Waals surface area contributed by atoms with Crippen LogP contribution < -0.4 is 9.47 Å². The highest BCUT2D eigenvalue weighted by molar-refractivity contribution is 5.97. The summed E-state index contributed by atoms with van der Waals surface area (Å²) in [6.07, 6.45) is 1.48. The van der Waals surface area contributed by atoms with E-state index < -0.39 is 5.97 Å². The predicted octanol–water partition coefficient (Wildman–Crippen LogP) is 5.31. The van der Waals surface area contributed by atoms with Gasteiger partial charge in [-0.3, -0.25) is 0 Å². The third-order valence-electron chi connectivity index (χ3n) is 4.37. The van der Waals surface area contributed by atoms with Crippen LogP contribution in [0.25, 0.3) is 6.08 Å². The Morgan fingerprint density at radius 1 is 0.871 bits per heavy atom. The van der Waals surface area contributed by atoms with Gasteiger partial charge in [-0.05, 0) is 41.8 Å². The van der Waals surface area contributed by atoms with Crippen LogP contribution in [0.5, 0.6) is 11.5 Å². The van der Waals surface area contributed by atoms with Crippen molar-refractivity contribution in [2.75, 3.05) is 6.61 Å². The van der Waals surface area contributed by atoms with Crippen molar-refractivity contribution < 1.29 is 19.0 Å². The van der Waals surface area contributed by atoms with Crippen molar-refractivity contribution in [1.29, 1.82) is 5.26 Å². The van der Waals surface area contributed by atoms with Gasteiger partial charge >= 0.3 is 5.97 Å². The summed E-state index contributed by atoms with van der Waals surface area (Å²) in [4.78, 5) is 11.9. The second kappa shape index (κ2) is 11.2. The Bertz CT molecular complexity index is 1070. The first-order chi connectivity index (χ1) is 15.2. The first kappa shape index (κ1) is 21.7. The summed E-state index contributed by atoms with van der Waals surface area (Å²) in [7, 11) is 0. The van der Waals surface area contributed by atoms with Crippen LogP contribution in [0, 0.1) is 11.3 Å². The van der Waals surface area contributed by atoms with Crippen molar-refractivity contribution in [1.82, 2.24) is 0 Å². The average molecular weight is 413 g/mol. The molecule has 5 nitrogen and oxygen atoms in total. The molecule has 3 aromatic rings. The standard InChI is InChI=1S/C26H23NO4/c1-2-29-26(28)23(17-27)15-22-13-14-24(30-18-20-9-5-3-6-10-20)25(16-22)31-19-21-11-7-4-8-12-21/h3-16H,2,18-19H2,1H3. The maximum atomic E-state index is 11.9. The molecule has 0 radical (unpaired) electrons. The van der Waals surface area contributed by atoms with Crippen molar-refractivity contribution in [3.63, 3.8) is 0 Å². The molecule has 0 amide bonds. The summed E-state index contributed by atoms with van der Waals surface area (Å²) < 4.78 is 16.9. The minimum Gasteiger partial charge on any atom is -0.485 e. The lowest BCUT2D eigenvalue weighted by molar-refractivity contribution is -0.137. The van der Waals surface area contributed by atoms with E-state index in [9.17, 15) is 10.1 Å². The van der Waals surface area contributed by atoms with Gasteiger partial charge in [-0.25, -0.2) is 4.79 Å². The number of benzene rings is 3. The highest BCUT2D eigenvalue weighted by Crippen LogP contribution is 2.31. The number of nitrogens with zero attached hydrogens (tertiary/aromatic N) is 1. The number of hydrogen-bond donors (Lipinski definition) is 0. The van der Waals surface area contributed by atoms with Gasteiger partial charge in [0.15, 0.2) is 11.5 Å². The van der Waals surface area contributed by atoms with Gasteiger partial charge in [0.25, 0.3) is 0 Å². The van der Waals surface area contributed by atoms with E-state index in [-0.39, 0.29) is 12.2 Å². The Hall–Kier alpha value is -4.04. The van der Waals surface area contributed by atoms with E-state index in [2.05, 4.69) is 0 Å². The van der Waals surface area contributed by atoms with E-state index in [0.29, 0.717) is 30.3 Å². The number of carbonyl (C=O) groups is 1. The normalized spacial score (nSPS) is 10.8. The lowest BCUT2D eigenvalue weighted by Gasteiger charge is -2.14. The van der Waals surface area contributed by atoms with Crippen LogP contribution >= 0.6 is 0 Å². The average Bonchev–Trinajstić information content (AvgIpc) is 2.82. The van der Waals surface area contributed by atoms with Crippen LogP contribution in [0.3, 0.4) is 0 Å². The SMILES string of the molecule is CCOC(=O)C(C#N)=Cc1ccc(OCc2ccccc2)c(OCc2ccccc2)c1. The second-order valence-electron chi connectivity index (χ2n) is 6.65. The van der Waals surface area contributed by atoms with Crippen molar-refractivity contribution in [2.24, 2.45) is 0 Å². The number of hydrogen-bond acceptors (Lipinski definition) is 5. The molecule has 0 spiro atoms. The highest BCUT2D eigenvalue weighted by atomic mass is 16.5. The van der Waals surface area contributed by atoms with E-state index in [1.165, 1.54) is 6.08 Å². The smallest absolute Gasteiger partial charge is 0.348 e. The van der Waals surface area contributed by atoms with Crippen LogP contribution in [-0.4, -0.2) is 12.6 Å². The van der Waals surface area contributed by atoms with Gasteiger partial charge in [-0.15, -0.1) is 0 Å². The third kappa shape index (κ3) is 6.48. The van der Waals surface area contributed by atoms with Crippen LogP contribution in [0.2, 0.25) is 0 Å². The fraction of sp³-hybridized carbons (Fsp3) is 0.154. The molecule has 0 N–H and O–H groups in total. The second-order valence-corrected chi connectivity index (χ2v) is 6.65. The molecule has 0 aliphatic heterocycles. The van der Waals surface area contributed by atoms with Gasteiger partial charge in [0.2, 0.25) is 0 Å². The van der Waals surface area contributed by atoms with Gasteiger partial charge in [0, 0.05) is 0 Å². The lowest BCUT2D eigenvalue weighted by atomic mass is 10.1. The first-order valence-corrected chi connectivity index (χ1v) is 9.96. The molecule has 5 heteroatoms. The summed E-state index contributed by atoms with van der Waals surface area (Å²) in [6.45, 7) is 2.65. The molecule has 0 unspecified atom stereocenters. The summed E-state index contributed by atoms with van der Waals surface area (Å²) in [5.41, 5.74) is 2.62. The molecule has 0 aliphatic carbocycles. The number of esters is 1. The Kier molecular flexibility index (Phi) is 7.84. The van der Waals surface area contributed by atoms with Crippen molar-refractivity contribution >= 4 is 12.0 Å². The number of carbonyl (C=O) groups excluding carboxylic acids is 1. The van der Waals surface area contributed by atoms with Gasteiger partial charge in [0.05, 0.1) is 6.61 Å². The zero-order chi connectivity index (χ0) is 21.9. The van der Waals surface area contributed by atoms with Crippen LogP contribution in [0.4, 0.5) is 0 Å². The molecule has 0 atom stereocenters. The van der Waals surface area contributed by atoms with Crippen molar-refractivity contribution in [3.05, 3.63) is 101 Å². The Morgan fingerprint density at radius 3 is 2.00 bits per heavy atom. The number of rotatable bonds is 9. The van der Waals surface area contributed by atoms with Crippen LogP contribution in [0.15, 0.2) is 84.4 Å². The van der Waals surface area contributed by atoms with Gasteiger partial charge < -0.3 is 14.2 Å². The van der Waals surface area contributed by atoms with E-state index in [1.807, 2.05) is 66.7 Å². The van der Waals surface area contributed by atoms with Gasteiger partial charge in [-0.2, -0.15) is 5.26 Å². The van der Waals surface area contributed by atoms with Crippen molar-refractivity contribution in [3.8, 4) is 17.6 Å². The molecule has 0 heterocycles. The van der Waals surface area contributed by atoms with E-state index in [4.69, 9.17) is 14.2 Å². The predicted molar refractivity (Wildman–Crippen MR) is 118 cm³/mol. The molecule has 0 fully saturated rings. The minimum atomic E-state index is -0.652. The van der Waals surface area contributed by atoms with Crippen LogP contribution in [0.1, 0.15) is 23.6 Å². The lowest BCUT2D eigenvalue weighted by Crippen LogP contribution is -2.06. The monoisotopic (exact) mass is 413 g/mol. The molecule has 3 rings (SSSR count). The topological polar surface area (TPSA) is 68.6 Å². The molecular formula is C26H23NO4. The van der Waals surface area contributed by atoms with Gasteiger partial charge in [-0.1, -0.05) is 66.7 Å². The van der Waals surface area contributed by atoms with E-state index >= 15 is 0 Å². The van der Waals surface area contributed by atoms with Crippen LogP contribution in [-0.2, 0) is 22.7 Å². The maximum absolute atomic E-state index is 11.9. The largest absolute Gasteiger partial charge is 0.485 e. The first-order valence-electron chi connectivity index (χ1n) is 9.96. The van der Waals surface area contributed by atoms with E-state index in [0.717, 1.165) is 11.1 Å². The number of ether oxygens (including phenoxy) is 3. The Morgan fingerprint density at radius 2 is 1.45 bits per heavy atom. The molecule has 0 bridgehead atoms. The summed E-state index contributed by atoms with van der Waals surface area (Å²) in [6, 6.07) is 26.8. The fourth-order valence-corrected chi connectivity index (χ4v) is 2.83. The summed E-state index contributed by atoms with van der Waals surface area (Å²) in [5, 5.41) is 9.30. The summed E-state index contributed by atoms with van der Waals surface area (Å²) >= 11 is 0. The molecular weight excluding hydrogens is 390 g/mol. The molecule has 0 saturated heterocycles. The van der Waals surface area contributed by atoms with Gasteiger partial charge in [0.1, 0.15) is 24.9 Å². The molecule has 0 aliphatic rings. The molecule has 3 aromatic carbocycles. The maximum Gasteiger partial charge on any atom is 0.348 e. The Labute approximate surface area is 182 Å². The third-order valence-corrected chi connectivity index (χ3v) is 4.37. The zero-order valence-corrected chi connectivity index (χ0v) is 17.3. The van der Waals surface area contributed by atoms with E-state index in [1.54, 1.807) is 25.1 Å². The molecule has 0 aromatic heterocycles. The zero-order valence-electron chi connectivity index (χ0n) is 17.3. The molecule has 156 valence electrons. The van der Waals surface area contributed by atoms with Crippen molar-refractivity contribution in [2.45, 2.75) is 20.1 Å². The number of nitriles is 1.